The summed E-state index contributed by atoms with van der Waals surface area (Å²) in [5, 5.41) is 0. The predicted molar refractivity (Wildman–Crippen MR) is 56.5 cm³/mol. The SMILES string of the molecule is NCc1ccc(C(=O)c2ccco2)cc1. The van der Waals surface area contributed by atoms with Crippen LogP contribution in [0.5, 0.6) is 0 Å². The van der Waals surface area contributed by atoms with E-state index >= 15 is 0 Å². The van der Waals surface area contributed by atoms with Crippen LogP contribution in [0.25, 0.3) is 0 Å². The molecule has 0 aliphatic carbocycles. The maximum atomic E-state index is 11.8. The van der Waals surface area contributed by atoms with Crippen molar-refractivity contribution in [3.05, 3.63) is 59.5 Å². The van der Waals surface area contributed by atoms with Crippen LogP contribution in [-0.4, -0.2) is 5.78 Å². The number of carbonyl (C=O) groups is 1. The second kappa shape index (κ2) is 4.11. The van der Waals surface area contributed by atoms with Gasteiger partial charge in [-0.2, -0.15) is 0 Å². The Morgan fingerprint density at radius 1 is 1.20 bits per heavy atom. The van der Waals surface area contributed by atoms with Crippen LogP contribution in [0.15, 0.2) is 47.1 Å². The fraction of sp³-hybridized carbons (Fsp3) is 0.0833. The van der Waals surface area contributed by atoms with E-state index in [0.717, 1.165) is 5.56 Å². The summed E-state index contributed by atoms with van der Waals surface area (Å²) in [4.78, 5) is 11.8. The summed E-state index contributed by atoms with van der Waals surface area (Å²) in [6.45, 7) is 0.481. The molecule has 0 radical (unpaired) electrons. The Kier molecular flexibility index (Phi) is 2.65. The lowest BCUT2D eigenvalue weighted by molar-refractivity contribution is 0.101. The Labute approximate surface area is 87.5 Å². The molecule has 0 aliphatic rings. The smallest absolute Gasteiger partial charge is 0.228 e. The van der Waals surface area contributed by atoms with Crippen LogP contribution in [-0.2, 0) is 6.54 Å². The van der Waals surface area contributed by atoms with Crippen LogP contribution in [0.4, 0.5) is 0 Å². The number of hydrogen-bond donors (Lipinski definition) is 1. The third-order valence-electron chi connectivity index (χ3n) is 2.20. The molecular formula is C12H11NO2. The minimum absolute atomic E-state index is 0.108. The number of hydrogen-bond acceptors (Lipinski definition) is 3. The molecule has 0 atom stereocenters. The van der Waals surface area contributed by atoms with E-state index < -0.39 is 0 Å². The predicted octanol–water partition coefficient (Wildman–Crippen LogP) is 1.97. The number of benzene rings is 1. The highest BCUT2D eigenvalue weighted by molar-refractivity contribution is 6.07. The Hall–Kier alpha value is -1.87. The normalized spacial score (nSPS) is 10.2. The molecule has 0 saturated heterocycles. The Morgan fingerprint density at radius 2 is 1.93 bits per heavy atom. The van der Waals surface area contributed by atoms with Crippen LogP contribution < -0.4 is 5.73 Å². The molecule has 3 heteroatoms. The molecule has 0 spiro atoms. The molecule has 76 valence electrons. The number of furan rings is 1. The second-order valence-corrected chi connectivity index (χ2v) is 3.21. The molecule has 0 fully saturated rings. The quantitative estimate of drug-likeness (QED) is 0.772. The van der Waals surface area contributed by atoms with Gasteiger partial charge in [0, 0.05) is 12.1 Å². The first-order valence-electron chi connectivity index (χ1n) is 4.68. The average molecular weight is 201 g/mol. The van der Waals surface area contributed by atoms with Gasteiger partial charge in [-0.05, 0) is 17.7 Å². The summed E-state index contributed by atoms with van der Waals surface area (Å²) < 4.78 is 5.03. The van der Waals surface area contributed by atoms with Gasteiger partial charge in [-0.25, -0.2) is 0 Å². The lowest BCUT2D eigenvalue weighted by atomic mass is 10.1. The molecule has 3 nitrogen and oxygen atoms in total. The summed E-state index contributed by atoms with van der Waals surface area (Å²) in [7, 11) is 0. The zero-order chi connectivity index (χ0) is 10.7. The van der Waals surface area contributed by atoms with Crippen molar-refractivity contribution in [3.8, 4) is 0 Å². The van der Waals surface area contributed by atoms with E-state index in [1.165, 1.54) is 6.26 Å². The summed E-state index contributed by atoms with van der Waals surface area (Å²) in [5.74, 6) is 0.249. The first-order chi connectivity index (χ1) is 7.31. The van der Waals surface area contributed by atoms with Crippen LogP contribution in [0.1, 0.15) is 21.7 Å². The van der Waals surface area contributed by atoms with Gasteiger partial charge in [0.05, 0.1) is 6.26 Å². The molecule has 0 aliphatic heterocycles. The molecule has 0 saturated carbocycles. The van der Waals surface area contributed by atoms with Crippen molar-refractivity contribution in [3.63, 3.8) is 0 Å². The fourth-order valence-corrected chi connectivity index (χ4v) is 1.34. The summed E-state index contributed by atoms with van der Waals surface area (Å²) >= 11 is 0. The van der Waals surface area contributed by atoms with Gasteiger partial charge in [0.15, 0.2) is 5.76 Å². The van der Waals surface area contributed by atoms with E-state index in [1.807, 2.05) is 12.1 Å². The Bertz CT molecular complexity index is 443. The highest BCUT2D eigenvalue weighted by Crippen LogP contribution is 2.11. The lowest BCUT2D eigenvalue weighted by Crippen LogP contribution is -2.01. The van der Waals surface area contributed by atoms with Gasteiger partial charge < -0.3 is 10.2 Å². The van der Waals surface area contributed by atoms with Crippen molar-refractivity contribution < 1.29 is 9.21 Å². The maximum Gasteiger partial charge on any atom is 0.228 e. The lowest BCUT2D eigenvalue weighted by Gasteiger charge is -1.99. The topological polar surface area (TPSA) is 56.2 Å². The number of nitrogens with two attached hydrogens (primary N) is 1. The highest BCUT2D eigenvalue weighted by Gasteiger charge is 2.10. The molecular weight excluding hydrogens is 190 g/mol. The number of rotatable bonds is 3. The van der Waals surface area contributed by atoms with Crippen LogP contribution >= 0.6 is 0 Å². The van der Waals surface area contributed by atoms with E-state index in [1.54, 1.807) is 24.3 Å². The summed E-state index contributed by atoms with van der Waals surface area (Å²) in [5.41, 5.74) is 7.09. The molecule has 0 bridgehead atoms. The monoisotopic (exact) mass is 201 g/mol. The third-order valence-corrected chi connectivity index (χ3v) is 2.20. The van der Waals surface area contributed by atoms with Gasteiger partial charge in [0.1, 0.15) is 0 Å². The average Bonchev–Trinajstić information content (AvgIpc) is 2.82. The van der Waals surface area contributed by atoms with Gasteiger partial charge in [-0.15, -0.1) is 0 Å². The summed E-state index contributed by atoms with van der Waals surface area (Å²) in [6, 6.07) is 10.5. The van der Waals surface area contributed by atoms with Crippen molar-refractivity contribution in [2.24, 2.45) is 5.73 Å². The van der Waals surface area contributed by atoms with Gasteiger partial charge >= 0.3 is 0 Å². The molecule has 2 N–H and O–H groups in total. The zero-order valence-electron chi connectivity index (χ0n) is 8.14. The first kappa shape index (κ1) is 9.68. The van der Waals surface area contributed by atoms with Crippen LogP contribution in [0.3, 0.4) is 0 Å². The highest BCUT2D eigenvalue weighted by atomic mass is 16.3. The molecule has 0 unspecified atom stereocenters. The van der Waals surface area contributed by atoms with Gasteiger partial charge in [0.25, 0.3) is 0 Å². The molecule has 1 heterocycles. The molecule has 2 rings (SSSR count). The summed E-state index contributed by atoms with van der Waals surface area (Å²) in [6.07, 6.45) is 1.49. The molecule has 1 aromatic carbocycles. The number of carbonyl (C=O) groups excluding carboxylic acids is 1. The van der Waals surface area contributed by atoms with E-state index in [-0.39, 0.29) is 5.78 Å². The standard InChI is InChI=1S/C12H11NO2/c13-8-9-3-5-10(6-4-9)12(14)11-2-1-7-15-11/h1-7H,8,13H2. The van der Waals surface area contributed by atoms with Gasteiger partial charge in [-0.1, -0.05) is 24.3 Å². The van der Waals surface area contributed by atoms with E-state index in [2.05, 4.69) is 0 Å². The molecule has 0 amide bonds. The Morgan fingerprint density at radius 3 is 2.47 bits per heavy atom. The van der Waals surface area contributed by atoms with Crippen molar-refractivity contribution >= 4 is 5.78 Å². The first-order valence-corrected chi connectivity index (χ1v) is 4.68. The third kappa shape index (κ3) is 1.97. The zero-order valence-corrected chi connectivity index (χ0v) is 8.14. The van der Waals surface area contributed by atoms with E-state index in [4.69, 9.17) is 10.2 Å². The van der Waals surface area contributed by atoms with E-state index in [9.17, 15) is 4.79 Å². The van der Waals surface area contributed by atoms with Gasteiger partial charge in [0.2, 0.25) is 5.78 Å². The van der Waals surface area contributed by atoms with Crippen LogP contribution in [0, 0.1) is 0 Å². The van der Waals surface area contributed by atoms with Gasteiger partial charge in [-0.3, -0.25) is 4.79 Å². The second-order valence-electron chi connectivity index (χ2n) is 3.21. The maximum absolute atomic E-state index is 11.8. The van der Waals surface area contributed by atoms with E-state index in [0.29, 0.717) is 17.9 Å². The van der Waals surface area contributed by atoms with Crippen molar-refractivity contribution in [2.75, 3.05) is 0 Å². The Balaban J connectivity index is 2.27. The minimum atomic E-state index is -0.108. The molecule has 2 aromatic rings. The molecule has 1 aromatic heterocycles. The fourth-order valence-electron chi connectivity index (χ4n) is 1.34. The van der Waals surface area contributed by atoms with Crippen molar-refractivity contribution in [2.45, 2.75) is 6.54 Å². The molecule has 15 heavy (non-hydrogen) atoms. The van der Waals surface area contributed by atoms with Crippen LogP contribution in [0.2, 0.25) is 0 Å². The number of ketones is 1. The minimum Gasteiger partial charge on any atom is -0.461 e. The van der Waals surface area contributed by atoms with Crippen molar-refractivity contribution in [1.29, 1.82) is 0 Å². The van der Waals surface area contributed by atoms with Crippen molar-refractivity contribution in [1.82, 2.24) is 0 Å². The largest absolute Gasteiger partial charge is 0.461 e.